The Morgan fingerprint density at radius 2 is 1.87 bits per heavy atom. The van der Waals surface area contributed by atoms with Gasteiger partial charge in [-0.3, -0.25) is 25.5 Å². The SMILES string of the molecule is CC(NC(N)=O)C(=O)NNC(=O)c1cc(-c2ccccc2)n[nH]1. The summed E-state index contributed by atoms with van der Waals surface area (Å²) in [4.78, 5) is 34.2. The van der Waals surface area contributed by atoms with Crippen LogP contribution in [0.3, 0.4) is 0 Å². The number of nitrogens with two attached hydrogens (primary N) is 1. The lowest BCUT2D eigenvalue weighted by Gasteiger charge is -2.12. The molecule has 0 bridgehead atoms. The fourth-order valence-corrected chi connectivity index (χ4v) is 1.77. The molecule has 0 aliphatic heterocycles. The van der Waals surface area contributed by atoms with E-state index in [1.54, 1.807) is 6.07 Å². The fourth-order valence-electron chi connectivity index (χ4n) is 1.77. The van der Waals surface area contributed by atoms with Gasteiger partial charge in [-0.15, -0.1) is 0 Å². The van der Waals surface area contributed by atoms with Crippen LogP contribution in [0.1, 0.15) is 17.4 Å². The van der Waals surface area contributed by atoms with Crippen molar-refractivity contribution in [3.63, 3.8) is 0 Å². The van der Waals surface area contributed by atoms with Crippen molar-refractivity contribution in [2.75, 3.05) is 0 Å². The van der Waals surface area contributed by atoms with Crippen LogP contribution in [0.15, 0.2) is 36.4 Å². The average Bonchev–Trinajstić information content (AvgIpc) is 3.02. The number of hydrazine groups is 1. The molecule has 0 saturated heterocycles. The molecule has 120 valence electrons. The predicted octanol–water partition coefficient (Wildman–Crippen LogP) is -0.105. The molecule has 1 heterocycles. The Bertz CT molecular complexity index is 712. The van der Waals surface area contributed by atoms with Gasteiger partial charge in [0.25, 0.3) is 11.8 Å². The van der Waals surface area contributed by atoms with Crippen LogP contribution in [0.25, 0.3) is 11.3 Å². The number of carbonyl (C=O) groups excluding carboxylic acids is 3. The number of benzene rings is 1. The summed E-state index contributed by atoms with van der Waals surface area (Å²) in [5.41, 5.74) is 10.9. The zero-order valence-corrected chi connectivity index (χ0v) is 12.3. The third-order valence-corrected chi connectivity index (χ3v) is 2.94. The Kier molecular flexibility index (Phi) is 4.92. The maximum Gasteiger partial charge on any atom is 0.312 e. The Morgan fingerprint density at radius 3 is 2.52 bits per heavy atom. The number of nitrogens with zero attached hydrogens (tertiary/aromatic N) is 1. The van der Waals surface area contributed by atoms with Crippen molar-refractivity contribution in [3.8, 4) is 11.3 Å². The van der Waals surface area contributed by atoms with Crippen LogP contribution in [0, 0.1) is 0 Å². The molecular formula is C14H16N6O3. The minimum Gasteiger partial charge on any atom is -0.352 e. The van der Waals surface area contributed by atoms with E-state index in [0.29, 0.717) is 5.69 Å². The molecule has 0 fully saturated rings. The summed E-state index contributed by atoms with van der Waals surface area (Å²) in [5.74, 6) is -1.18. The topological polar surface area (TPSA) is 142 Å². The van der Waals surface area contributed by atoms with Gasteiger partial charge < -0.3 is 11.1 Å². The Balaban J connectivity index is 1.93. The van der Waals surface area contributed by atoms with Crippen molar-refractivity contribution >= 4 is 17.8 Å². The molecule has 0 spiro atoms. The van der Waals surface area contributed by atoms with E-state index in [2.05, 4.69) is 26.4 Å². The van der Waals surface area contributed by atoms with Crippen LogP contribution < -0.4 is 21.9 Å². The van der Waals surface area contributed by atoms with Crippen LogP contribution in [0.2, 0.25) is 0 Å². The zero-order chi connectivity index (χ0) is 16.8. The molecule has 23 heavy (non-hydrogen) atoms. The van der Waals surface area contributed by atoms with Crippen molar-refractivity contribution in [1.82, 2.24) is 26.4 Å². The van der Waals surface area contributed by atoms with Gasteiger partial charge in [0.15, 0.2) is 0 Å². The molecule has 6 N–H and O–H groups in total. The number of primary amides is 1. The van der Waals surface area contributed by atoms with E-state index >= 15 is 0 Å². The highest BCUT2D eigenvalue weighted by Crippen LogP contribution is 2.16. The summed E-state index contributed by atoms with van der Waals surface area (Å²) < 4.78 is 0. The molecule has 0 aliphatic rings. The van der Waals surface area contributed by atoms with Gasteiger partial charge in [0.2, 0.25) is 0 Å². The first-order valence-electron chi connectivity index (χ1n) is 6.74. The highest BCUT2D eigenvalue weighted by atomic mass is 16.2. The normalized spacial score (nSPS) is 11.3. The number of carbonyl (C=O) groups is 3. The molecule has 2 aromatic rings. The summed E-state index contributed by atoms with van der Waals surface area (Å²) in [6, 6.07) is 9.15. The van der Waals surface area contributed by atoms with Gasteiger partial charge >= 0.3 is 6.03 Å². The number of urea groups is 1. The quantitative estimate of drug-likeness (QED) is 0.502. The standard InChI is InChI=1S/C14H16N6O3/c1-8(16-14(15)23)12(21)19-20-13(22)11-7-10(17-18-11)9-5-3-2-4-6-9/h2-8H,1H3,(H,17,18)(H,19,21)(H,20,22)(H3,15,16,23). The first-order valence-corrected chi connectivity index (χ1v) is 6.74. The number of hydrogen-bond donors (Lipinski definition) is 5. The summed E-state index contributed by atoms with van der Waals surface area (Å²) in [6.07, 6.45) is 0. The van der Waals surface area contributed by atoms with E-state index in [9.17, 15) is 14.4 Å². The second-order valence-corrected chi connectivity index (χ2v) is 4.71. The molecule has 1 unspecified atom stereocenters. The maximum atomic E-state index is 11.9. The molecule has 1 aromatic heterocycles. The second-order valence-electron chi connectivity index (χ2n) is 4.71. The number of hydrogen-bond acceptors (Lipinski definition) is 4. The van der Waals surface area contributed by atoms with Gasteiger partial charge in [-0.2, -0.15) is 5.10 Å². The summed E-state index contributed by atoms with van der Waals surface area (Å²) in [5, 5.41) is 8.81. The lowest BCUT2D eigenvalue weighted by atomic mass is 10.1. The zero-order valence-electron chi connectivity index (χ0n) is 12.3. The van der Waals surface area contributed by atoms with Crippen molar-refractivity contribution in [2.24, 2.45) is 5.73 Å². The van der Waals surface area contributed by atoms with E-state index in [1.807, 2.05) is 30.3 Å². The molecule has 9 nitrogen and oxygen atoms in total. The number of rotatable bonds is 4. The van der Waals surface area contributed by atoms with Gasteiger partial charge in [-0.1, -0.05) is 30.3 Å². The molecule has 0 saturated carbocycles. The average molecular weight is 316 g/mol. The molecule has 0 radical (unpaired) electrons. The molecule has 9 heteroatoms. The number of amides is 4. The third-order valence-electron chi connectivity index (χ3n) is 2.94. The molecule has 1 aromatic carbocycles. The molecule has 4 amide bonds. The second kappa shape index (κ2) is 7.07. The lowest BCUT2D eigenvalue weighted by Crippen LogP contribution is -2.52. The van der Waals surface area contributed by atoms with Crippen molar-refractivity contribution in [3.05, 3.63) is 42.1 Å². The van der Waals surface area contributed by atoms with Crippen LogP contribution in [0.4, 0.5) is 4.79 Å². The van der Waals surface area contributed by atoms with E-state index < -0.39 is 23.9 Å². The monoisotopic (exact) mass is 316 g/mol. The van der Waals surface area contributed by atoms with Gasteiger partial charge in [0.1, 0.15) is 11.7 Å². The molecule has 2 rings (SSSR count). The highest BCUT2D eigenvalue weighted by Gasteiger charge is 2.16. The number of H-pyrrole nitrogens is 1. The first kappa shape index (κ1) is 16.0. The maximum absolute atomic E-state index is 11.9. The summed E-state index contributed by atoms with van der Waals surface area (Å²) in [6.45, 7) is 1.43. The third kappa shape index (κ3) is 4.30. The molecule has 0 aliphatic carbocycles. The van der Waals surface area contributed by atoms with Crippen LogP contribution >= 0.6 is 0 Å². The van der Waals surface area contributed by atoms with Gasteiger partial charge in [-0.25, -0.2) is 4.79 Å². The van der Waals surface area contributed by atoms with E-state index in [-0.39, 0.29) is 5.69 Å². The van der Waals surface area contributed by atoms with Gasteiger partial charge in [-0.05, 0) is 13.0 Å². The highest BCUT2D eigenvalue weighted by molar-refractivity contribution is 5.95. The van der Waals surface area contributed by atoms with E-state index in [4.69, 9.17) is 5.73 Å². The largest absolute Gasteiger partial charge is 0.352 e. The van der Waals surface area contributed by atoms with Crippen molar-refractivity contribution in [2.45, 2.75) is 13.0 Å². The number of aromatic amines is 1. The summed E-state index contributed by atoms with van der Waals surface area (Å²) >= 11 is 0. The van der Waals surface area contributed by atoms with Gasteiger partial charge in [0, 0.05) is 5.56 Å². The fraction of sp³-hybridized carbons (Fsp3) is 0.143. The van der Waals surface area contributed by atoms with Crippen molar-refractivity contribution in [1.29, 1.82) is 0 Å². The Hall–Kier alpha value is -3.36. The summed E-state index contributed by atoms with van der Waals surface area (Å²) in [7, 11) is 0. The minimum atomic E-state index is -0.880. The molecular weight excluding hydrogens is 300 g/mol. The molecule has 1 atom stereocenters. The van der Waals surface area contributed by atoms with E-state index in [1.165, 1.54) is 6.92 Å². The van der Waals surface area contributed by atoms with Crippen LogP contribution in [-0.2, 0) is 4.79 Å². The first-order chi connectivity index (χ1) is 11.0. The van der Waals surface area contributed by atoms with Gasteiger partial charge in [0.05, 0.1) is 5.69 Å². The lowest BCUT2D eigenvalue weighted by molar-refractivity contribution is -0.123. The Labute approximate surface area is 131 Å². The smallest absolute Gasteiger partial charge is 0.312 e. The van der Waals surface area contributed by atoms with Crippen LogP contribution in [0.5, 0.6) is 0 Å². The minimum absolute atomic E-state index is 0.180. The van der Waals surface area contributed by atoms with Crippen molar-refractivity contribution < 1.29 is 14.4 Å². The number of nitrogens with one attached hydrogen (secondary N) is 4. The van der Waals surface area contributed by atoms with E-state index in [0.717, 1.165) is 5.56 Å². The number of aromatic nitrogens is 2. The van der Waals surface area contributed by atoms with Crippen LogP contribution in [-0.4, -0.2) is 34.1 Å². The Morgan fingerprint density at radius 1 is 1.17 bits per heavy atom. The predicted molar refractivity (Wildman–Crippen MR) is 81.8 cm³/mol.